The van der Waals surface area contributed by atoms with E-state index in [1.807, 2.05) is 36.4 Å². The van der Waals surface area contributed by atoms with Crippen molar-refractivity contribution in [1.82, 2.24) is 15.3 Å². The molecular formula is C26H24FN3O4. The number of ether oxygens (including phenoxy) is 2. The Morgan fingerprint density at radius 2 is 1.82 bits per heavy atom. The third kappa shape index (κ3) is 4.37. The minimum absolute atomic E-state index is 0.0389. The summed E-state index contributed by atoms with van der Waals surface area (Å²) in [5.41, 5.74) is 4.54. The maximum atomic E-state index is 14.9. The Bertz CT molecular complexity index is 1320. The maximum absolute atomic E-state index is 14.9. The van der Waals surface area contributed by atoms with Crippen molar-refractivity contribution in [2.45, 2.75) is 18.6 Å². The molecule has 1 fully saturated rings. The average Bonchev–Trinajstić information content (AvgIpc) is 3.49. The molecule has 8 heteroatoms. The van der Waals surface area contributed by atoms with Gasteiger partial charge in [-0.3, -0.25) is 4.79 Å². The van der Waals surface area contributed by atoms with E-state index in [0.29, 0.717) is 41.1 Å². The molecule has 5 rings (SSSR count). The molecule has 2 atom stereocenters. The first-order valence-electron chi connectivity index (χ1n) is 11.1. The SMILES string of the molecule is CNC(=O)c1ccc(-c2ccc(-c3nc4cc(O[C@@H]5CO[C@H](CO)C5)[nH]c4cc3F)cc2)cc1. The standard InChI is InChI=1S/C26H24FN3O4/c1-28-26(32)18-8-4-16(5-9-18)15-2-6-17(7-3-15)25-21(27)11-22-23(30-25)12-24(29-22)34-20-10-19(13-31)33-14-20/h2-9,11-12,19-20,29,31H,10,13-14H2,1H3,(H,28,32)/t19-,20-/m0/s1. The van der Waals surface area contributed by atoms with Crippen LogP contribution in [0.4, 0.5) is 4.39 Å². The number of halogens is 1. The van der Waals surface area contributed by atoms with Crippen LogP contribution in [0.1, 0.15) is 16.8 Å². The zero-order chi connectivity index (χ0) is 23.7. The van der Waals surface area contributed by atoms with Gasteiger partial charge in [0.1, 0.15) is 11.8 Å². The van der Waals surface area contributed by atoms with E-state index in [1.54, 1.807) is 25.2 Å². The lowest BCUT2D eigenvalue weighted by Crippen LogP contribution is -2.17. The number of nitrogens with one attached hydrogen (secondary N) is 2. The Kier molecular flexibility index (Phi) is 6.00. The van der Waals surface area contributed by atoms with Crippen LogP contribution in [0, 0.1) is 5.82 Å². The summed E-state index contributed by atoms with van der Waals surface area (Å²) in [5.74, 6) is -0.0852. The third-order valence-electron chi connectivity index (χ3n) is 5.94. The largest absolute Gasteiger partial charge is 0.473 e. The van der Waals surface area contributed by atoms with Crippen LogP contribution in [0.3, 0.4) is 0 Å². The molecular weight excluding hydrogens is 437 g/mol. The number of carbonyl (C=O) groups is 1. The highest BCUT2D eigenvalue weighted by atomic mass is 19.1. The molecule has 1 aliphatic heterocycles. The van der Waals surface area contributed by atoms with Crippen LogP contribution in [0.2, 0.25) is 0 Å². The first kappa shape index (κ1) is 22.1. The van der Waals surface area contributed by atoms with Gasteiger partial charge in [-0.15, -0.1) is 0 Å². The van der Waals surface area contributed by atoms with Gasteiger partial charge in [-0.1, -0.05) is 36.4 Å². The lowest BCUT2D eigenvalue weighted by molar-refractivity contribution is 0.0531. The van der Waals surface area contributed by atoms with Gasteiger partial charge in [0, 0.05) is 36.7 Å². The van der Waals surface area contributed by atoms with Crippen molar-refractivity contribution >= 4 is 16.9 Å². The van der Waals surface area contributed by atoms with E-state index < -0.39 is 5.82 Å². The van der Waals surface area contributed by atoms with Crippen molar-refractivity contribution in [3.63, 3.8) is 0 Å². The van der Waals surface area contributed by atoms with Crippen LogP contribution in [0.5, 0.6) is 5.88 Å². The fourth-order valence-corrected chi connectivity index (χ4v) is 4.11. The first-order chi connectivity index (χ1) is 16.5. The minimum Gasteiger partial charge on any atom is -0.473 e. The predicted molar refractivity (Wildman–Crippen MR) is 126 cm³/mol. The van der Waals surface area contributed by atoms with E-state index in [0.717, 1.165) is 11.1 Å². The summed E-state index contributed by atoms with van der Waals surface area (Å²) in [6, 6.07) is 17.9. The number of rotatable bonds is 6. The number of pyridine rings is 1. The van der Waals surface area contributed by atoms with Crippen molar-refractivity contribution in [3.05, 3.63) is 72.0 Å². The molecule has 4 aromatic rings. The zero-order valence-electron chi connectivity index (χ0n) is 18.5. The second-order valence-electron chi connectivity index (χ2n) is 8.23. The molecule has 1 saturated heterocycles. The van der Waals surface area contributed by atoms with Crippen LogP contribution in [0.15, 0.2) is 60.7 Å². The van der Waals surface area contributed by atoms with Gasteiger partial charge < -0.3 is 24.9 Å². The fraction of sp³-hybridized carbons (Fsp3) is 0.231. The summed E-state index contributed by atoms with van der Waals surface area (Å²) >= 11 is 0. The Hall–Kier alpha value is -3.75. The number of hydrogen-bond acceptors (Lipinski definition) is 5. The molecule has 0 aliphatic carbocycles. The number of aromatic amines is 1. The normalized spacial score (nSPS) is 17.7. The Morgan fingerprint density at radius 1 is 1.15 bits per heavy atom. The summed E-state index contributed by atoms with van der Waals surface area (Å²) in [4.78, 5) is 19.3. The first-order valence-corrected chi connectivity index (χ1v) is 11.1. The molecule has 0 spiro atoms. The number of benzene rings is 2. The van der Waals surface area contributed by atoms with E-state index in [1.165, 1.54) is 6.07 Å². The van der Waals surface area contributed by atoms with Crippen molar-refractivity contribution in [2.75, 3.05) is 20.3 Å². The molecule has 0 radical (unpaired) electrons. The molecule has 34 heavy (non-hydrogen) atoms. The Morgan fingerprint density at radius 3 is 2.47 bits per heavy atom. The Balaban J connectivity index is 1.36. The predicted octanol–water partition coefficient (Wildman–Crippen LogP) is 3.92. The number of nitrogens with zero attached hydrogens (tertiary/aromatic N) is 1. The van der Waals surface area contributed by atoms with Gasteiger partial charge in [-0.25, -0.2) is 9.37 Å². The van der Waals surface area contributed by atoms with Crippen molar-refractivity contribution in [1.29, 1.82) is 0 Å². The minimum atomic E-state index is -0.437. The van der Waals surface area contributed by atoms with Gasteiger partial charge in [0.05, 0.1) is 30.4 Å². The molecule has 0 saturated carbocycles. The van der Waals surface area contributed by atoms with Gasteiger partial charge in [0.15, 0.2) is 11.7 Å². The molecule has 7 nitrogen and oxygen atoms in total. The van der Waals surface area contributed by atoms with Crippen LogP contribution in [-0.4, -0.2) is 53.5 Å². The lowest BCUT2D eigenvalue weighted by Gasteiger charge is -2.09. The zero-order valence-corrected chi connectivity index (χ0v) is 18.5. The number of H-pyrrole nitrogens is 1. The highest BCUT2D eigenvalue weighted by molar-refractivity contribution is 5.94. The van der Waals surface area contributed by atoms with Crippen molar-refractivity contribution in [3.8, 4) is 28.3 Å². The van der Waals surface area contributed by atoms with Crippen LogP contribution in [-0.2, 0) is 4.74 Å². The van der Waals surface area contributed by atoms with Crippen LogP contribution in [0.25, 0.3) is 33.4 Å². The topological polar surface area (TPSA) is 96.5 Å². The molecule has 2 aromatic carbocycles. The number of aromatic nitrogens is 2. The number of amides is 1. The molecule has 3 N–H and O–H groups in total. The van der Waals surface area contributed by atoms with Crippen molar-refractivity contribution < 1.29 is 23.8 Å². The smallest absolute Gasteiger partial charge is 0.251 e. The van der Waals surface area contributed by atoms with Gasteiger partial charge in [0.2, 0.25) is 0 Å². The third-order valence-corrected chi connectivity index (χ3v) is 5.94. The number of fused-ring (bicyclic) bond motifs is 1. The lowest BCUT2D eigenvalue weighted by atomic mass is 10.0. The summed E-state index contributed by atoms with van der Waals surface area (Å²) in [6.45, 7) is 0.358. The Labute approximate surface area is 195 Å². The second-order valence-corrected chi connectivity index (χ2v) is 8.23. The fourth-order valence-electron chi connectivity index (χ4n) is 4.11. The van der Waals surface area contributed by atoms with Gasteiger partial charge in [-0.2, -0.15) is 0 Å². The number of aliphatic hydroxyl groups excluding tert-OH is 1. The van der Waals surface area contributed by atoms with Crippen molar-refractivity contribution in [2.24, 2.45) is 0 Å². The average molecular weight is 461 g/mol. The molecule has 0 bridgehead atoms. The van der Waals surface area contributed by atoms with Crippen LogP contribution < -0.4 is 10.1 Å². The second kappa shape index (κ2) is 9.24. The quantitative estimate of drug-likeness (QED) is 0.404. The van der Waals surface area contributed by atoms with E-state index >= 15 is 0 Å². The molecule has 2 aromatic heterocycles. The molecule has 1 aliphatic rings. The maximum Gasteiger partial charge on any atom is 0.251 e. The molecule has 174 valence electrons. The molecule has 3 heterocycles. The highest BCUT2D eigenvalue weighted by Crippen LogP contribution is 2.30. The number of hydrogen-bond donors (Lipinski definition) is 3. The van der Waals surface area contributed by atoms with Gasteiger partial charge in [0.25, 0.3) is 5.91 Å². The highest BCUT2D eigenvalue weighted by Gasteiger charge is 2.27. The van der Waals surface area contributed by atoms with Gasteiger partial charge in [-0.05, 0) is 23.3 Å². The van der Waals surface area contributed by atoms with E-state index in [-0.39, 0.29) is 30.4 Å². The summed E-state index contributed by atoms with van der Waals surface area (Å²) < 4.78 is 26.2. The monoisotopic (exact) mass is 461 g/mol. The van der Waals surface area contributed by atoms with Crippen LogP contribution >= 0.6 is 0 Å². The number of carbonyl (C=O) groups excluding carboxylic acids is 1. The summed E-state index contributed by atoms with van der Waals surface area (Å²) in [5, 5.41) is 11.8. The van der Waals surface area contributed by atoms with E-state index in [4.69, 9.17) is 9.47 Å². The van der Waals surface area contributed by atoms with E-state index in [2.05, 4.69) is 15.3 Å². The van der Waals surface area contributed by atoms with E-state index in [9.17, 15) is 14.3 Å². The molecule has 0 unspecified atom stereocenters. The summed E-state index contributed by atoms with van der Waals surface area (Å²) in [6.07, 6.45) is 0.209. The number of aliphatic hydroxyl groups is 1. The van der Waals surface area contributed by atoms with Gasteiger partial charge >= 0.3 is 0 Å². The molecule has 1 amide bonds. The summed E-state index contributed by atoms with van der Waals surface area (Å²) in [7, 11) is 1.60.